The molecule has 3 N–H and O–H groups in total. The van der Waals surface area contributed by atoms with Crippen LogP contribution in [0.15, 0.2) is 54.7 Å². The van der Waals surface area contributed by atoms with E-state index in [4.69, 9.17) is 4.74 Å². The van der Waals surface area contributed by atoms with Crippen molar-refractivity contribution >= 4 is 23.9 Å². The summed E-state index contributed by atoms with van der Waals surface area (Å²) in [6.45, 7) is 2.57. The van der Waals surface area contributed by atoms with Crippen LogP contribution in [0.5, 0.6) is 0 Å². The molecule has 2 aromatic rings. The molecular formula is C22H26N4O6. The first-order valence-corrected chi connectivity index (χ1v) is 9.78. The molecule has 1 aromatic heterocycles. The number of benzene rings is 1. The third-order valence-corrected chi connectivity index (χ3v) is 4.29. The highest BCUT2D eigenvalue weighted by Crippen LogP contribution is 2.13. The van der Waals surface area contributed by atoms with Gasteiger partial charge in [0.2, 0.25) is 11.8 Å². The zero-order valence-corrected chi connectivity index (χ0v) is 18.1. The minimum Gasteiger partial charge on any atom is -0.467 e. The van der Waals surface area contributed by atoms with E-state index in [1.807, 2.05) is 18.2 Å². The first-order chi connectivity index (χ1) is 15.2. The quantitative estimate of drug-likeness (QED) is 0.497. The Bertz CT molecular complexity index is 934. The first kappa shape index (κ1) is 24.3. The van der Waals surface area contributed by atoms with Gasteiger partial charge in [-0.15, -0.1) is 0 Å². The van der Waals surface area contributed by atoms with Gasteiger partial charge in [-0.05, 0) is 31.5 Å². The summed E-state index contributed by atoms with van der Waals surface area (Å²) in [4.78, 5) is 53.1. The van der Waals surface area contributed by atoms with Crippen molar-refractivity contribution in [1.82, 2.24) is 20.9 Å². The van der Waals surface area contributed by atoms with Crippen molar-refractivity contribution in [2.24, 2.45) is 0 Å². The standard InChI is InChI=1S/C22H26N4O6/c1-22(2,20(29)31-3)26-19(28)18(16-11-7-8-12-23-16)25-17(27)13-24-21(30)32-14-15-9-5-4-6-10-15/h4-12,18H,13-14H2,1-3H3,(H,24,30)(H,25,27)(H,26,28)/t18-/m0/s1. The van der Waals surface area contributed by atoms with Crippen LogP contribution in [0.25, 0.3) is 0 Å². The average molecular weight is 442 g/mol. The van der Waals surface area contributed by atoms with Crippen LogP contribution in [-0.4, -0.2) is 48.1 Å². The van der Waals surface area contributed by atoms with Crippen LogP contribution in [0.1, 0.15) is 31.1 Å². The third-order valence-electron chi connectivity index (χ3n) is 4.29. The normalized spacial score (nSPS) is 11.6. The highest BCUT2D eigenvalue weighted by molar-refractivity contribution is 5.93. The fourth-order valence-corrected chi connectivity index (χ4v) is 2.65. The van der Waals surface area contributed by atoms with Crippen molar-refractivity contribution in [3.05, 3.63) is 66.0 Å². The van der Waals surface area contributed by atoms with Gasteiger partial charge in [0.25, 0.3) is 0 Å². The summed E-state index contributed by atoms with van der Waals surface area (Å²) >= 11 is 0. The molecule has 10 nitrogen and oxygen atoms in total. The van der Waals surface area contributed by atoms with Gasteiger partial charge < -0.3 is 25.4 Å². The average Bonchev–Trinajstić information content (AvgIpc) is 2.80. The van der Waals surface area contributed by atoms with E-state index in [0.717, 1.165) is 5.56 Å². The van der Waals surface area contributed by atoms with Crippen molar-refractivity contribution in [3.63, 3.8) is 0 Å². The number of pyridine rings is 1. The number of aromatic nitrogens is 1. The van der Waals surface area contributed by atoms with Crippen molar-refractivity contribution in [3.8, 4) is 0 Å². The monoisotopic (exact) mass is 442 g/mol. The minimum absolute atomic E-state index is 0.0515. The van der Waals surface area contributed by atoms with E-state index in [2.05, 4.69) is 25.7 Å². The molecule has 0 unspecified atom stereocenters. The molecule has 170 valence electrons. The number of ether oxygens (including phenoxy) is 2. The molecule has 0 bridgehead atoms. The smallest absolute Gasteiger partial charge is 0.407 e. The Morgan fingerprint density at radius 3 is 2.34 bits per heavy atom. The Morgan fingerprint density at radius 1 is 1.03 bits per heavy atom. The number of hydrogen-bond acceptors (Lipinski definition) is 7. The summed E-state index contributed by atoms with van der Waals surface area (Å²) in [5, 5.41) is 7.36. The fraction of sp³-hybridized carbons (Fsp3) is 0.318. The van der Waals surface area contributed by atoms with E-state index in [9.17, 15) is 19.2 Å². The molecule has 0 saturated heterocycles. The summed E-state index contributed by atoms with van der Waals surface area (Å²) in [5.74, 6) is -1.97. The lowest BCUT2D eigenvalue weighted by Crippen LogP contribution is -2.54. The number of alkyl carbamates (subject to hydrolysis) is 1. The van der Waals surface area contributed by atoms with Crippen molar-refractivity contribution in [2.75, 3.05) is 13.7 Å². The summed E-state index contributed by atoms with van der Waals surface area (Å²) in [7, 11) is 1.21. The van der Waals surface area contributed by atoms with Gasteiger partial charge >= 0.3 is 12.1 Å². The molecule has 0 aliphatic rings. The molecule has 3 amide bonds. The van der Waals surface area contributed by atoms with Gasteiger partial charge in [-0.1, -0.05) is 36.4 Å². The Hall–Kier alpha value is -3.95. The van der Waals surface area contributed by atoms with E-state index in [-0.39, 0.29) is 12.3 Å². The highest BCUT2D eigenvalue weighted by atomic mass is 16.5. The summed E-state index contributed by atoms with van der Waals surface area (Å²) < 4.78 is 9.73. The predicted molar refractivity (Wildman–Crippen MR) is 114 cm³/mol. The maximum absolute atomic E-state index is 12.8. The van der Waals surface area contributed by atoms with Crippen LogP contribution in [0, 0.1) is 0 Å². The second-order valence-corrected chi connectivity index (χ2v) is 7.28. The molecule has 0 fully saturated rings. The third kappa shape index (κ3) is 7.38. The van der Waals surface area contributed by atoms with Gasteiger partial charge in [0.1, 0.15) is 18.7 Å². The lowest BCUT2D eigenvalue weighted by molar-refractivity contribution is -0.149. The predicted octanol–water partition coefficient (Wildman–Crippen LogP) is 1.23. The topological polar surface area (TPSA) is 136 Å². The Morgan fingerprint density at radius 2 is 1.72 bits per heavy atom. The minimum atomic E-state index is -1.33. The number of rotatable bonds is 9. The van der Waals surface area contributed by atoms with E-state index in [1.54, 1.807) is 30.3 Å². The van der Waals surface area contributed by atoms with Crippen LogP contribution in [0.2, 0.25) is 0 Å². The number of esters is 1. The largest absolute Gasteiger partial charge is 0.467 e. The number of nitrogens with one attached hydrogen (secondary N) is 3. The summed E-state index contributed by atoms with van der Waals surface area (Å²) in [6.07, 6.45) is 0.682. The molecule has 0 spiro atoms. The lowest BCUT2D eigenvalue weighted by atomic mass is 10.0. The highest BCUT2D eigenvalue weighted by Gasteiger charge is 2.34. The first-order valence-electron chi connectivity index (χ1n) is 9.78. The van der Waals surface area contributed by atoms with Crippen LogP contribution in [0.3, 0.4) is 0 Å². The Balaban J connectivity index is 1.96. The Kier molecular flexibility index (Phi) is 8.70. The van der Waals surface area contributed by atoms with Crippen LogP contribution < -0.4 is 16.0 Å². The number of methoxy groups -OCH3 is 1. The summed E-state index contributed by atoms with van der Waals surface area (Å²) in [6, 6.07) is 12.7. The van der Waals surface area contributed by atoms with E-state index >= 15 is 0 Å². The van der Waals surface area contributed by atoms with E-state index in [0.29, 0.717) is 0 Å². The second-order valence-electron chi connectivity index (χ2n) is 7.28. The number of carbonyl (C=O) groups excluding carboxylic acids is 4. The van der Waals surface area contributed by atoms with E-state index in [1.165, 1.54) is 27.2 Å². The molecule has 0 saturated carbocycles. The second kappa shape index (κ2) is 11.4. The van der Waals surface area contributed by atoms with Gasteiger partial charge in [0.05, 0.1) is 12.8 Å². The van der Waals surface area contributed by atoms with Crippen molar-refractivity contribution < 1.29 is 28.7 Å². The number of amides is 3. The van der Waals surface area contributed by atoms with E-state index < -0.39 is 42.0 Å². The van der Waals surface area contributed by atoms with Gasteiger partial charge in [-0.2, -0.15) is 0 Å². The SMILES string of the molecule is COC(=O)C(C)(C)NC(=O)[C@@H](NC(=O)CNC(=O)OCc1ccccc1)c1ccccn1. The van der Waals surface area contributed by atoms with Crippen molar-refractivity contribution in [1.29, 1.82) is 0 Å². The molecule has 32 heavy (non-hydrogen) atoms. The Labute approximate surface area is 185 Å². The fourth-order valence-electron chi connectivity index (χ4n) is 2.65. The maximum atomic E-state index is 12.8. The summed E-state index contributed by atoms with van der Waals surface area (Å²) in [5.41, 5.74) is -0.277. The zero-order chi connectivity index (χ0) is 23.6. The molecular weight excluding hydrogens is 416 g/mol. The molecule has 0 aliphatic carbocycles. The molecule has 0 radical (unpaired) electrons. The molecule has 1 aromatic carbocycles. The molecule has 10 heteroatoms. The number of carbonyl (C=O) groups is 4. The van der Waals surface area contributed by atoms with Gasteiger partial charge in [0.15, 0.2) is 6.04 Å². The number of nitrogens with zero attached hydrogens (tertiary/aromatic N) is 1. The van der Waals surface area contributed by atoms with Crippen LogP contribution in [0.4, 0.5) is 4.79 Å². The molecule has 1 heterocycles. The van der Waals surface area contributed by atoms with Gasteiger partial charge in [-0.25, -0.2) is 9.59 Å². The van der Waals surface area contributed by atoms with Crippen LogP contribution in [-0.2, 0) is 30.5 Å². The number of hydrogen-bond donors (Lipinski definition) is 3. The van der Waals surface area contributed by atoms with Crippen molar-refractivity contribution in [2.45, 2.75) is 32.0 Å². The maximum Gasteiger partial charge on any atom is 0.407 e. The molecule has 0 aliphatic heterocycles. The molecule has 1 atom stereocenters. The van der Waals surface area contributed by atoms with Gasteiger partial charge in [0, 0.05) is 6.20 Å². The molecule has 2 rings (SSSR count). The van der Waals surface area contributed by atoms with Crippen LogP contribution >= 0.6 is 0 Å². The lowest BCUT2D eigenvalue weighted by Gasteiger charge is -2.26. The van der Waals surface area contributed by atoms with Gasteiger partial charge in [-0.3, -0.25) is 14.6 Å². The zero-order valence-electron chi connectivity index (χ0n) is 18.1.